The highest BCUT2D eigenvalue weighted by Crippen LogP contribution is 2.14. The number of thiophene rings is 1. The van der Waals surface area contributed by atoms with Crippen LogP contribution in [0.25, 0.3) is 0 Å². The number of nitrogens with two attached hydrogens (primary N) is 1. The zero-order valence-corrected chi connectivity index (χ0v) is 11.1. The van der Waals surface area contributed by atoms with Crippen molar-refractivity contribution in [2.45, 2.75) is 19.9 Å². The Kier molecular flexibility index (Phi) is 6.61. The molecule has 0 aromatic carbocycles. The maximum absolute atomic E-state index is 5.39. The van der Waals surface area contributed by atoms with Crippen molar-refractivity contribution in [3.8, 4) is 0 Å². The maximum atomic E-state index is 5.39. The zero-order chi connectivity index (χ0) is 12.5. The molecule has 0 saturated carbocycles. The molecule has 1 heterocycles. The monoisotopic (exact) mass is 256 g/mol. The molecule has 0 aliphatic carbocycles. The number of aryl methyl sites for hydroxylation is 1. The lowest BCUT2D eigenvalue weighted by Crippen LogP contribution is -2.42. The fourth-order valence-electron chi connectivity index (χ4n) is 1.29. The molecule has 0 radical (unpaired) electrons. The lowest BCUT2D eigenvalue weighted by atomic mass is 10.2. The number of methoxy groups -OCH3 is 1. The fraction of sp³-hybridized carbons (Fsp3) is 0.545. The molecule has 0 atom stereocenters. The van der Waals surface area contributed by atoms with Gasteiger partial charge in [0, 0.05) is 20.3 Å². The molecule has 1 aromatic rings. The first-order valence-electron chi connectivity index (χ1n) is 5.53. The molecule has 96 valence electrons. The standard InChI is InChI=1S/C11H20N4OS/c1-9-7-17-8-10(9)6-14-11(15-12)13-4-3-5-16-2/h7-8H,3-6,12H2,1-2H3,(H2,13,14,15). The normalized spacial score (nSPS) is 11.6. The maximum Gasteiger partial charge on any atom is 0.206 e. The van der Waals surface area contributed by atoms with Gasteiger partial charge in [0.05, 0.1) is 6.54 Å². The second-order valence-corrected chi connectivity index (χ2v) is 4.41. The number of hydrogen-bond donors (Lipinski definition) is 3. The highest BCUT2D eigenvalue weighted by Gasteiger charge is 1.99. The van der Waals surface area contributed by atoms with Crippen molar-refractivity contribution in [3.05, 3.63) is 21.9 Å². The fourth-order valence-corrected chi connectivity index (χ4v) is 2.14. The van der Waals surface area contributed by atoms with Crippen molar-refractivity contribution in [3.63, 3.8) is 0 Å². The summed E-state index contributed by atoms with van der Waals surface area (Å²) >= 11 is 1.69. The molecular formula is C11H20N4OS. The van der Waals surface area contributed by atoms with Gasteiger partial charge in [0.2, 0.25) is 5.96 Å². The molecule has 0 fully saturated rings. The Morgan fingerprint density at radius 3 is 2.94 bits per heavy atom. The van der Waals surface area contributed by atoms with E-state index in [2.05, 4.69) is 33.4 Å². The summed E-state index contributed by atoms with van der Waals surface area (Å²) in [4.78, 5) is 4.38. The van der Waals surface area contributed by atoms with Crippen LogP contribution in [0.1, 0.15) is 17.5 Å². The largest absolute Gasteiger partial charge is 0.385 e. The van der Waals surface area contributed by atoms with E-state index < -0.39 is 0 Å². The van der Waals surface area contributed by atoms with Crippen LogP contribution in [-0.2, 0) is 11.3 Å². The lowest BCUT2D eigenvalue weighted by molar-refractivity contribution is 0.195. The van der Waals surface area contributed by atoms with E-state index in [1.54, 1.807) is 18.4 Å². The molecule has 5 nitrogen and oxygen atoms in total. The molecular weight excluding hydrogens is 236 g/mol. The Morgan fingerprint density at radius 1 is 1.53 bits per heavy atom. The van der Waals surface area contributed by atoms with Crippen molar-refractivity contribution in [1.29, 1.82) is 0 Å². The van der Waals surface area contributed by atoms with Crippen LogP contribution >= 0.6 is 11.3 Å². The van der Waals surface area contributed by atoms with Gasteiger partial charge in [0.15, 0.2) is 0 Å². The summed E-state index contributed by atoms with van der Waals surface area (Å²) in [6.07, 6.45) is 0.925. The molecule has 4 N–H and O–H groups in total. The van der Waals surface area contributed by atoms with Gasteiger partial charge >= 0.3 is 0 Å². The smallest absolute Gasteiger partial charge is 0.206 e. The number of nitrogens with one attached hydrogen (secondary N) is 2. The Bertz CT molecular complexity index is 351. The van der Waals surface area contributed by atoms with Crippen LogP contribution in [0.3, 0.4) is 0 Å². The van der Waals surface area contributed by atoms with E-state index in [1.165, 1.54) is 11.1 Å². The molecule has 0 unspecified atom stereocenters. The third kappa shape index (κ3) is 5.16. The van der Waals surface area contributed by atoms with Crippen molar-refractivity contribution in [2.24, 2.45) is 10.8 Å². The second kappa shape index (κ2) is 8.05. The Balaban J connectivity index is 2.36. The summed E-state index contributed by atoms with van der Waals surface area (Å²) in [5.74, 6) is 6.01. The van der Waals surface area contributed by atoms with Crippen LogP contribution in [0.2, 0.25) is 0 Å². The van der Waals surface area contributed by atoms with E-state index in [0.717, 1.165) is 19.6 Å². The summed E-state index contributed by atoms with van der Waals surface area (Å²) in [7, 11) is 1.69. The van der Waals surface area contributed by atoms with Crippen LogP contribution < -0.4 is 16.6 Å². The van der Waals surface area contributed by atoms with Crippen molar-refractivity contribution < 1.29 is 4.74 Å². The number of aliphatic imine (C=N–C) groups is 1. The van der Waals surface area contributed by atoms with Gasteiger partial charge in [-0.05, 0) is 35.2 Å². The SMILES string of the molecule is COCCCNC(=NCc1cscc1C)NN. The van der Waals surface area contributed by atoms with Gasteiger partial charge in [0.25, 0.3) is 0 Å². The average Bonchev–Trinajstić information content (AvgIpc) is 2.74. The van der Waals surface area contributed by atoms with Crippen LogP contribution in [0, 0.1) is 6.92 Å². The van der Waals surface area contributed by atoms with Gasteiger partial charge in [-0.15, -0.1) is 0 Å². The van der Waals surface area contributed by atoms with Crippen LogP contribution in [-0.4, -0.2) is 26.2 Å². The Labute approximate surface area is 106 Å². The van der Waals surface area contributed by atoms with Gasteiger partial charge in [-0.3, -0.25) is 5.43 Å². The van der Waals surface area contributed by atoms with Crippen LogP contribution in [0.4, 0.5) is 0 Å². The minimum Gasteiger partial charge on any atom is -0.385 e. The van der Waals surface area contributed by atoms with E-state index in [0.29, 0.717) is 12.5 Å². The van der Waals surface area contributed by atoms with E-state index in [1.807, 2.05) is 0 Å². The first-order chi connectivity index (χ1) is 8.27. The van der Waals surface area contributed by atoms with E-state index in [9.17, 15) is 0 Å². The minimum absolute atomic E-state index is 0.617. The Hall–Kier alpha value is -1.11. The van der Waals surface area contributed by atoms with E-state index in [4.69, 9.17) is 10.6 Å². The molecule has 0 bridgehead atoms. The first kappa shape index (κ1) is 14.0. The van der Waals surface area contributed by atoms with E-state index in [-0.39, 0.29) is 0 Å². The van der Waals surface area contributed by atoms with Crippen molar-refractivity contribution >= 4 is 17.3 Å². The summed E-state index contributed by atoms with van der Waals surface area (Å²) in [6.45, 7) is 4.25. The second-order valence-electron chi connectivity index (χ2n) is 3.66. The van der Waals surface area contributed by atoms with Gasteiger partial charge in [-0.25, -0.2) is 10.8 Å². The quantitative estimate of drug-likeness (QED) is 0.233. The minimum atomic E-state index is 0.617. The van der Waals surface area contributed by atoms with Gasteiger partial charge in [-0.1, -0.05) is 0 Å². The number of rotatable bonds is 6. The Morgan fingerprint density at radius 2 is 2.35 bits per heavy atom. The van der Waals surface area contributed by atoms with Crippen LogP contribution in [0.15, 0.2) is 15.8 Å². The summed E-state index contributed by atoms with van der Waals surface area (Å²) in [6, 6.07) is 0. The molecule has 0 aliphatic heterocycles. The number of ether oxygens (including phenoxy) is 1. The molecule has 17 heavy (non-hydrogen) atoms. The lowest BCUT2D eigenvalue weighted by Gasteiger charge is -2.08. The third-order valence-electron chi connectivity index (χ3n) is 2.32. The molecule has 1 rings (SSSR count). The summed E-state index contributed by atoms with van der Waals surface area (Å²) in [5.41, 5.74) is 5.07. The molecule has 0 amide bonds. The average molecular weight is 256 g/mol. The molecule has 0 spiro atoms. The third-order valence-corrected chi connectivity index (χ3v) is 3.23. The summed E-state index contributed by atoms with van der Waals surface area (Å²) in [5, 5.41) is 7.35. The highest BCUT2D eigenvalue weighted by molar-refractivity contribution is 7.08. The molecule has 6 heteroatoms. The number of hydrazine groups is 1. The van der Waals surface area contributed by atoms with Crippen molar-refractivity contribution in [2.75, 3.05) is 20.3 Å². The molecule has 0 aliphatic rings. The first-order valence-corrected chi connectivity index (χ1v) is 6.47. The number of hydrogen-bond acceptors (Lipinski definition) is 4. The topological polar surface area (TPSA) is 71.7 Å². The molecule has 0 saturated heterocycles. The van der Waals surface area contributed by atoms with Gasteiger partial charge in [0.1, 0.15) is 0 Å². The highest BCUT2D eigenvalue weighted by atomic mass is 32.1. The van der Waals surface area contributed by atoms with E-state index >= 15 is 0 Å². The predicted molar refractivity (Wildman–Crippen MR) is 72.0 cm³/mol. The number of nitrogens with zero attached hydrogens (tertiary/aromatic N) is 1. The van der Waals surface area contributed by atoms with Crippen molar-refractivity contribution in [1.82, 2.24) is 10.7 Å². The molecule has 1 aromatic heterocycles. The predicted octanol–water partition coefficient (Wildman–Crippen LogP) is 1.00. The zero-order valence-electron chi connectivity index (χ0n) is 10.3. The summed E-state index contributed by atoms with van der Waals surface area (Å²) < 4.78 is 4.96. The van der Waals surface area contributed by atoms with Crippen LogP contribution in [0.5, 0.6) is 0 Å². The van der Waals surface area contributed by atoms with Gasteiger partial charge < -0.3 is 10.1 Å². The number of guanidine groups is 1. The van der Waals surface area contributed by atoms with Gasteiger partial charge in [-0.2, -0.15) is 11.3 Å².